The molecule has 252 valence electrons. The van der Waals surface area contributed by atoms with Gasteiger partial charge >= 0.3 is 5.97 Å². The van der Waals surface area contributed by atoms with Gasteiger partial charge in [0, 0.05) is 19.3 Å². The van der Waals surface area contributed by atoms with Gasteiger partial charge in [-0.2, -0.15) is 0 Å². The molecule has 0 bridgehead atoms. The normalized spacial score (nSPS) is 13.5. The number of hydrogen-bond donors (Lipinski definition) is 1. The highest BCUT2D eigenvalue weighted by molar-refractivity contribution is 5.88. The van der Waals surface area contributed by atoms with Crippen molar-refractivity contribution in [3.05, 3.63) is 90.8 Å². The summed E-state index contributed by atoms with van der Waals surface area (Å²) in [4.78, 5) is 24.8. The maximum absolute atomic E-state index is 12.5. The van der Waals surface area contributed by atoms with Crippen LogP contribution in [0.4, 0.5) is 0 Å². The molecular weight excluding hydrogens is 556 g/mol. The number of rotatable bonds is 29. The molecule has 1 N–H and O–H groups in total. The van der Waals surface area contributed by atoms with Crippen LogP contribution in [0.25, 0.3) is 0 Å². The summed E-state index contributed by atoms with van der Waals surface area (Å²) in [5.74, 6) is -3.14. The van der Waals surface area contributed by atoms with Gasteiger partial charge in [0.15, 0.2) is 0 Å². The second-order valence-electron chi connectivity index (χ2n) is 11.5. The maximum Gasteiger partial charge on any atom is 0.308 e. The molecule has 0 radical (unpaired) electrons. The van der Waals surface area contributed by atoms with Gasteiger partial charge in [-0.3, -0.25) is 9.59 Å². The molecule has 0 aliphatic heterocycles. The summed E-state index contributed by atoms with van der Waals surface area (Å²) in [6.07, 6.45) is 48.1. The quantitative estimate of drug-likeness (QED) is 0.0226. The lowest BCUT2D eigenvalue weighted by molar-refractivity contribution is -0.210. The van der Waals surface area contributed by atoms with Gasteiger partial charge in [-0.25, -0.2) is 0 Å². The average Bonchev–Trinajstić information content (AvgIpc) is 3.04. The van der Waals surface area contributed by atoms with Gasteiger partial charge in [0.25, 0.3) is 5.79 Å². The van der Waals surface area contributed by atoms with E-state index in [1.54, 1.807) is 19.1 Å². The molecule has 0 saturated carbocycles. The van der Waals surface area contributed by atoms with Crippen LogP contribution in [0.1, 0.15) is 149 Å². The number of ether oxygens (including phenoxy) is 1. The number of Topliss-reactive ketones (excluding diaryl/α,β-unsaturated/α-hetero) is 1. The molecule has 0 spiro atoms. The summed E-state index contributed by atoms with van der Waals surface area (Å²) in [5, 5.41) is 10.6. The van der Waals surface area contributed by atoms with Crippen LogP contribution >= 0.6 is 0 Å². The Kier molecular flexibility index (Phi) is 30.3. The molecular formula is C41H64O4. The first-order valence-electron chi connectivity index (χ1n) is 17.8. The van der Waals surface area contributed by atoms with Crippen molar-refractivity contribution in [2.24, 2.45) is 0 Å². The Morgan fingerprint density at radius 3 is 1.87 bits per heavy atom. The highest BCUT2D eigenvalue weighted by atomic mass is 16.7. The Balaban J connectivity index is 4.07. The Morgan fingerprint density at radius 1 is 0.644 bits per heavy atom. The number of carbonyl (C=O) groups excluding carboxylic acids is 2. The first kappa shape index (κ1) is 42.1. The number of aliphatic hydroxyl groups is 1. The van der Waals surface area contributed by atoms with Gasteiger partial charge in [-0.15, -0.1) is 5.73 Å². The minimum atomic E-state index is -2.08. The van der Waals surface area contributed by atoms with Crippen LogP contribution in [0.3, 0.4) is 0 Å². The van der Waals surface area contributed by atoms with Gasteiger partial charge in [-0.05, 0) is 63.5 Å². The molecule has 1 atom stereocenters. The maximum atomic E-state index is 12.5. The van der Waals surface area contributed by atoms with Crippen LogP contribution in [0.15, 0.2) is 90.8 Å². The Hall–Kier alpha value is -2.94. The highest BCUT2D eigenvalue weighted by Crippen LogP contribution is 2.18. The van der Waals surface area contributed by atoms with Crippen molar-refractivity contribution in [1.82, 2.24) is 0 Å². The number of ketones is 1. The minimum Gasteiger partial charge on any atom is -0.425 e. The van der Waals surface area contributed by atoms with Crippen LogP contribution < -0.4 is 0 Å². The molecule has 0 amide bonds. The first-order valence-corrected chi connectivity index (χ1v) is 17.8. The summed E-state index contributed by atoms with van der Waals surface area (Å²) in [5.41, 5.74) is 2.92. The third kappa shape index (κ3) is 28.3. The van der Waals surface area contributed by atoms with Crippen molar-refractivity contribution in [1.29, 1.82) is 0 Å². The van der Waals surface area contributed by atoms with Crippen LogP contribution in [-0.4, -0.2) is 22.6 Å². The molecule has 0 aromatic carbocycles. The number of hydrogen-bond acceptors (Lipinski definition) is 4. The summed E-state index contributed by atoms with van der Waals surface area (Å²) in [6, 6.07) is 0. The van der Waals surface area contributed by atoms with Crippen molar-refractivity contribution in [2.45, 2.75) is 155 Å². The molecule has 1 unspecified atom stereocenters. The van der Waals surface area contributed by atoms with Crippen LogP contribution in [0, 0.1) is 0 Å². The van der Waals surface area contributed by atoms with Gasteiger partial charge < -0.3 is 9.84 Å². The number of allylic oxidation sites excluding steroid dienone is 13. The minimum absolute atomic E-state index is 0.0194. The standard InChI is InChI=1S/C41H64O4/c1-4-7-9-11-13-15-17-19-21-22-24-25-27-29-31-33-35-37-39(42)41(44,6-3)45-40(43)38-36-34-32-30-28-26-23-20-18-16-14-12-10-8-5-2/h8,10,14,16,20-25,27,29,31,35,44H,4-7,9,11-13,15,17-19,26,28,30,32,34,36-38H2,1-3H3/b10-8-,16-14-,22-21+,23-20-,25-24+,29-27+. The second kappa shape index (κ2) is 32.5. The second-order valence-corrected chi connectivity index (χ2v) is 11.5. The van der Waals surface area contributed by atoms with E-state index in [0.29, 0.717) is 6.42 Å². The molecule has 0 heterocycles. The molecule has 4 nitrogen and oxygen atoms in total. The molecule has 45 heavy (non-hydrogen) atoms. The zero-order chi connectivity index (χ0) is 33.1. The molecule has 0 aliphatic rings. The van der Waals surface area contributed by atoms with Gasteiger partial charge in [0.05, 0.1) is 0 Å². The molecule has 0 aliphatic carbocycles. The zero-order valence-electron chi connectivity index (χ0n) is 28.9. The van der Waals surface area contributed by atoms with E-state index in [4.69, 9.17) is 4.74 Å². The zero-order valence-corrected chi connectivity index (χ0v) is 28.9. The molecule has 0 fully saturated rings. The van der Waals surface area contributed by atoms with Gasteiger partial charge in [-0.1, -0.05) is 151 Å². The summed E-state index contributed by atoms with van der Waals surface area (Å²) in [6.45, 7) is 6.03. The van der Waals surface area contributed by atoms with E-state index in [-0.39, 0.29) is 19.3 Å². The smallest absolute Gasteiger partial charge is 0.308 e. The lowest BCUT2D eigenvalue weighted by Crippen LogP contribution is -2.42. The largest absolute Gasteiger partial charge is 0.425 e. The predicted molar refractivity (Wildman–Crippen MR) is 193 cm³/mol. The van der Waals surface area contributed by atoms with E-state index in [2.05, 4.69) is 68.2 Å². The van der Waals surface area contributed by atoms with Crippen molar-refractivity contribution >= 4 is 11.8 Å². The monoisotopic (exact) mass is 620 g/mol. The van der Waals surface area contributed by atoms with E-state index in [9.17, 15) is 14.7 Å². The summed E-state index contributed by atoms with van der Waals surface area (Å²) in [7, 11) is 0. The topological polar surface area (TPSA) is 63.6 Å². The Labute approximate surface area is 276 Å². The molecule has 4 heteroatoms. The van der Waals surface area contributed by atoms with Gasteiger partial charge in [0.1, 0.15) is 0 Å². The fourth-order valence-electron chi connectivity index (χ4n) is 4.53. The summed E-state index contributed by atoms with van der Waals surface area (Å²) >= 11 is 0. The molecule has 0 saturated heterocycles. The van der Waals surface area contributed by atoms with Crippen molar-refractivity contribution in [2.75, 3.05) is 0 Å². The third-order valence-electron chi connectivity index (χ3n) is 7.38. The van der Waals surface area contributed by atoms with Crippen molar-refractivity contribution in [3.8, 4) is 0 Å². The Morgan fingerprint density at radius 2 is 1.20 bits per heavy atom. The average molecular weight is 621 g/mol. The fourth-order valence-corrected chi connectivity index (χ4v) is 4.53. The first-order chi connectivity index (χ1) is 22.0. The van der Waals surface area contributed by atoms with E-state index < -0.39 is 17.5 Å². The van der Waals surface area contributed by atoms with E-state index >= 15 is 0 Å². The van der Waals surface area contributed by atoms with E-state index in [1.807, 2.05) is 24.3 Å². The third-order valence-corrected chi connectivity index (χ3v) is 7.38. The molecule has 0 aromatic heterocycles. The molecule has 0 aromatic rings. The van der Waals surface area contributed by atoms with E-state index in [1.165, 1.54) is 44.9 Å². The van der Waals surface area contributed by atoms with Crippen LogP contribution in [0.2, 0.25) is 0 Å². The fraction of sp³-hybridized carbons (Fsp3) is 0.585. The number of carbonyl (C=O) groups is 2. The number of esters is 1. The highest BCUT2D eigenvalue weighted by Gasteiger charge is 2.37. The summed E-state index contributed by atoms with van der Waals surface area (Å²) < 4.78 is 5.21. The Bertz CT molecular complexity index is 971. The van der Waals surface area contributed by atoms with Crippen LogP contribution in [0.5, 0.6) is 0 Å². The van der Waals surface area contributed by atoms with Crippen molar-refractivity contribution in [3.63, 3.8) is 0 Å². The van der Waals surface area contributed by atoms with Crippen molar-refractivity contribution < 1.29 is 19.4 Å². The lowest BCUT2D eigenvalue weighted by Gasteiger charge is -2.24. The molecule has 0 rings (SSSR count). The van der Waals surface area contributed by atoms with Gasteiger partial charge in [0.2, 0.25) is 5.78 Å². The lowest BCUT2D eigenvalue weighted by atomic mass is 10.1. The predicted octanol–water partition coefficient (Wildman–Crippen LogP) is 11.7. The number of unbranched alkanes of at least 4 members (excludes halogenated alkanes) is 12. The SMILES string of the molecule is CC/C=C\C/C=C\C/C=C\CCCCCCCC(=O)OC(O)(CC)C(=O)CC=C=C/C=C/C=C/C=C/CCCCCCCCC. The van der Waals surface area contributed by atoms with E-state index in [0.717, 1.165) is 57.8 Å². The van der Waals surface area contributed by atoms with Crippen LogP contribution in [-0.2, 0) is 14.3 Å².